The fourth-order valence-corrected chi connectivity index (χ4v) is 2.77. The van der Waals surface area contributed by atoms with E-state index in [0.717, 1.165) is 10.2 Å². The van der Waals surface area contributed by atoms with Gasteiger partial charge in [-0.1, -0.05) is 27.5 Å². The minimum absolute atomic E-state index is 0.215. The van der Waals surface area contributed by atoms with Gasteiger partial charge in [-0.3, -0.25) is 4.57 Å². The molecule has 1 N–H and O–H groups in total. The van der Waals surface area contributed by atoms with E-state index in [1.54, 1.807) is 29.1 Å². The normalized spacial score (nSPS) is 10.9. The van der Waals surface area contributed by atoms with Gasteiger partial charge < -0.3 is 5.11 Å². The second-order valence-electron chi connectivity index (χ2n) is 4.22. The molecule has 0 aliphatic carbocycles. The standard InChI is InChI=1S/C14H8BrClN2O2/c15-9-2-4-12(10(16)6-9)18-7-17-11-3-1-8(14(19)20)5-13(11)18/h1-7H,(H,19,20). The van der Waals surface area contributed by atoms with Crippen molar-refractivity contribution in [3.05, 3.63) is 57.8 Å². The van der Waals surface area contributed by atoms with Crippen LogP contribution in [-0.4, -0.2) is 20.6 Å². The summed E-state index contributed by atoms with van der Waals surface area (Å²) in [5.74, 6) is -0.971. The summed E-state index contributed by atoms with van der Waals surface area (Å²) in [5.41, 5.74) is 2.38. The number of imidazole rings is 1. The molecular formula is C14H8BrClN2O2. The molecule has 2 aromatic carbocycles. The van der Waals surface area contributed by atoms with Gasteiger partial charge in [-0.15, -0.1) is 0 Å². The van der Waals surface area contributed by atoms with E-state index < -0.39 is 5.97 Å². The second-order valence-corrected chi connectivity index (χ2v) is 5.54. The first-order valence-electron chi connectivity index (χ1n) is 5.72. The maximum Gasteiger partial charge on any atom is 0.335 e. The van der Waals surface area contributed by atoms with Crippen LogP contribution in [0, 0.1) is 0 Å². The van der Waals surface area contributed by atoms with Crippen molar-refractivity contribution < 1.29 is 9.90 Å². The van der Waals surface area contributed by atoms with Crippen molar-refractivity contribution in [1.29, 1.82) is 0 Å². The highest BCUT2D eigenvalue weighted by molar-refractivity contribution is 9.10. The molecule has 0 fully saturated rings. The summed E-state index contributed by atoms with van der Waals surface area (Å²) in [6.07, 6.45) is 1.63. The first-order chi connectivity index (χ1) is 9.56. The number of hydrogen-bond donors (Lipinski definition) is 1. The quantitative estimate of drug-likeness (QED) is 0.755. The fraction of sp³-hybridized carbons (Fsp3) is 0. The van der Waals surface area contributed by atoms with E-state index >= 15 is 0 Å². The topological polar surface area (TPSA) is 55.1 Å². The highest BCUT2D eigenvalue weighted by atomic mass is 79.9. The zero-order valence-electron chi connectivity index (χ0n) is 10.0. The van der Waals surface area contributed by atoms with Crippen LogP contribution in [-0.2, 0) is 0 Å². The van der Waals surface area contributed by atoms with Crippen LogP contribution in [0.2, 0.25) is 5.02 Å². The smallest absolute Gasteiger partial charge is 0.335 e. The van der Waals surface area contributed by atoms with E-state index in [-0.39, 0.29) is 5.56 Å². The lowest BCUT2D eigenvalue weighted by molar-refractivity contribution is 0.0697. The third-order valence-electron chi connectivity index (χ3n) is 2.96. The fourth-order valence-electron chi connectivity index (χ4n) is 2.01. The average Bonchev–Trinajstić information content (AvgIpc) is 2.81. The lowest BCUT2D eigenvalue weighted by Gasteiger charge is -2.07. The minimum atomic E-state index is -0.971. The van der Waals surface area contributed by atoms with Gasteiger partial charge in [-0.25, -0.2) is 9.78 Å². The number of nitrogens with zero attached hydrogens (tertiary/aromatic N) is 2. The summed E-state index contributed by atoms with van der Waals surface area (Å²) in [7, 11) is 0. The maximum atomic E-state index is 11.1. The molecule has 0 aliphatic heterocycles. The Bertz CT molecular complexity index is 829. The summed E-state index contributed by atoms with van der Waals surface area (Å²) < 4.78 is 2.65. The molecule has 6 heteroatoms. The van der Waals surface area contributed by atoms with Crippen molar-refractivity contribution in [2.24, 2.45) is 0 Å². The average molecular weight is 352 g/mol. The summed E-state index contributed by atoms with van der Waals surface area (Å²) in [4.78, 5) is 15.3. The Hall–Kier alpha value is -1.85. The number of carboxylic acid groups (broad SMARTS) is 1. The largest absolute Gasteiger partial charge is 0.478 e. The van der Waals surface area contributed by atoms with E-state index in [9.17, 15) is 4.79 Å². The Labute approximate surface area is 127 Å². The van der Waals surface area contributed by atoms with Gasteiger partial charge >= 0.3 is 5.97 Å². The Kier molecular flexibility index (Phi) is 3.23. The molecule has 0 spiro atoms. The maximum absolute atomic E-state index is 11.1. The first-order valence-corrected chi connectivity index (χ1v) is 6.89. The van der Waals surface area contributed by atoms with Gasteiger partial charge in [0.25, 0.3) is 0 Å². The van der Waals surface area contributed by atoms with Gasteiger partial charge in [0.05, 0.1) is 27.3 Å². The van der Waals surface area contributed by atoms with Crippen LogP contribution in [0.1, 0.15) is 10.4 Å². The van der Waals surface area contributed by atoms with Gasteiger partial charge in [-0.05, 0) is 36.4 Å². The van der Waals surface area contributed by atoms with Crippen LogP contribution in [0.3, 0.4) is 0 Å². The number of rotatable bonds is 2. The molecule has 0 aliphatic rings. The Morgan fingerprint density at radius 2 is 2.05 bits per heavy atom. The molecule has 0 radical (unpaired) electrons. The number of carbonyl (C=O) groups is 1. The van der Waals surface area contributed by atoms with Crippen LogP contribution < -0.4 is 0 Å². The highest BCUT2D eigenvalue weighted by Gasteiger charge is 2.11. The summed E-state index contributed by atoms with van der Waals surface area (Å²) >= 11 is 9.58. The lowest BCUT2D eigenvalue weighted by atomic mass is 10.2. The van der Waals surface area contributed by atoms with E-state index in [4.69, 9.17) is 16.7 Å². The Morgan fingerprint density at radius 1 is 1.25 bits per heavy atom. The number of hydrogen-bond acceptors (Lipinski definition) is 2. The predicted molar refractivity (Wildman–Crippen MR) is 80.7 cm³/mol. The molecular weight excluding hydrogens is 344 g/mol. The summed E-state index contributed by atoms with van der Waals surface area (Å²) in [5, 5.41) is 9.63. The van der Waals surface area contributed by atoms with E-state index in [0.29, 0.717) is 16.1 Å². The van der Waals surface area contributed by atoms with Crippen LogP contribution in [0.25, 0.3) is 16.7 Å². The zero-order valence-corrected chi connectivity index (χ0v) is 12.4. The monoisotopic (exact) mass is 350 g/mol. The van der Waals surface area contributed by atoms with Crippen molar-refractivity contribution >= 4 is 44.5 Å². The van der Waals surface area contributed by atoms with Gasteiger partial charge in [0.15, 0.2) is 0 Å². The molecule has 0 saturated carbocycles. The van der Waals surface area contributed by atoms with Crippen molar-refractivity contribution in [2.45, 2.75) is 0 Å². The summed E-state index contributed by atoms with van der Waals surface area (Å²) in [6, 6.07) is 10.3. The van der Waals surface area contributed by atoms with Crippen molar-refractivity contribution in [2.75, 3.05) is 0 Å². The molecule has 1 heterocycles. The molecule has 3 rings (SSSR count). The summed E-state index contributed by atoms with van der Waals surface area (Å²) in [6.45, 7) is 0. The van der Waals surface area contributed by atoms with Crippen LogP contribution in [0.4, 0.5) is 0 Å². The molecule has 0 saturated heterocycles. The minimum Gasteiger partial charge on any atom is -0.478 e. The number of benzene rings is 2. The van der Waals surface area contributed by atoms with Gasteiger partial charge in [-0.2, -0.15) is 0 Å². The molecule has 100 valence electrons. The molecule has 3 aromatic rings. The van der Waals surface area contributed by atoms with Crippen LogP contribution in [0.5, 0.6) is 0 Å². The number of fused-ring (bicyclic) bond motifs is 1. The molecule has 0 amide bonds. The van der Waals surface area contributed by atoms with Crippen molar-refractivity contribution in [3.8, 4) is 5.69 Å². The number of halogens is 2. The third kappa shape index (κ3) is 2.19. The molecule has 0 bridgehead atoms. The second kappa shape index (κ2) is 4.92. The molecule has 0 unspecified atom stereocenters. The molecule has 0 atom stereocenters. The molecule has 4 nitrogen and oxygen atoms in total. The van der Waals surface area contributed by atoms with E-state index in [2.05, 4.69) is 20.9 Å². The number of aromatic carboxylic acids is 1. The third-order valence-corrected chi connectivity index (χ3v) is 3.76. The number of carboxylic acids is 1. The Morgan fingerprint density at radius 3 is 2.75 bits per heavy atom. The molecule has 1 aromatic heterocycles. The highest BCUT2D eigenvalue weighted by Crippen LogP contribution is 2.27. The van der Waals surface area contributed by atoms with Gasteiger partial charge in [0, 0.05) is 4.47 Å². The zero-order chi connectivity index (χ0) is 14.3. The van der Waals surface area contributed by atoms with E-state index in [1.807, 2.05) is 12.1 Å². The van der Waals surface area contributed by atoms with Crippen LogP contribution >= 0.6 is 27.5 Å². The predicted octanol–water partition coefficient (Wildman–Crippen LogP) is 4.14. The van der Waals surface area contributed by atoms with Gasteiger partial charge in [0.1, 0.15) is 6.33 Å². The molecule has 20 heavy (non-hydrogen) atoms. The lowest BCUT2D eigenvalue weighted by Crippen LogP contribution is -1.98. The van der Waals surface area contributed by atoms with Crippen molar-refractivity contribution in [3.63, 3.8) is 0 Å². The van der Waals surface area contributed by atoms with Crippen LogP contribution in [0.15, 0.2) is 47.2 Å². The van der Waals surface area contributed by atoms with E-state index in [1.165, 1.54) is 6.07 Å². The number of aromatic nitrogens is 2. The first kappa shape index (κ1) is 13.1. The SMILES string of the molecule is O=C(O)c1ccc2ncn(-c3ccc(Br)cc3Cl)c2c1. The van der Waals surface area contributed by atoms with Crippen molar-refractivity contribution in [1.82, 2.24) is 9.55 Å². The van der Waals surface area contributed by atoms with Gasteiger partial charge in [0.2, 0.25) is 0 Å². The Balaban J connectivity index is 2.25.